The number of benzene rings is 1. The lowest BCUT2D eigenvalue weighted by Gasteiger charge is -2.33. The van der Waals surface area contributed by atoms with Crippen LogP contribution in [-0.4, -0.2) is 37.3 Å². The van der Waals surface area contributed by atoms with Gasteiger partial charge in [-0.05, 0) is 37.8 Å². The lowest BCUT2D eigenvalue weighted by molar-refractivity contribution is -0.122. The van der Waals surface area contributed by atoms with E-state index in [9.17, 15) is 13.2 Å². The molecule has 1 N–H and O–H groups in total. The molecule has 150 valence electrons. The average molecular weight is 393 g/mol. The van der Waals surface area contributed by atoms with Crippen molar-refractivity contribution in [2.24, 2.45) is 0 Å². The third-order valence-electron chi connectivity index (χ3n) is 5.85. The van der Waals surface area contributed by atoms with Gasteiger partial charge in [-0.25, -0.2) is 8.42 Å². The van der Waals surface area contributed by atoms with Crippen LogP contribution in [0.3, 0.4) is 0 Å². The van der Waals surface area contributed by atoms with Gasteiger partial charge in [0.25, 0.3) is 0 Å². The van der Waals surface area contributed by atoms with Gasteiger partial charge in [-0.2, -0.15) is 4.31 Å². The first kappa shape index (κ1) is 20.3. The summed E-state index contributed by atoms with van der Waals surface area (Å²) in [5.74, 6) is -0.160. The predicted octanol–water partition coefficient (Wildman–Crippen LogP) is 3.85. The van der Waals surface area contributed by atoms with Crippen molar-refractivity contribution in [1.29, 1.82) is 0 Å². The Bertz CT molecular complexity index is 691. The maximum Gasteiger partial charge on any atom is 0.243 e. The van der Waals surface area contributed by atoms with Crippen LogP contribution >= 0.6 is 0 Å². The molecule has 0 radical (unpaired) electrons. The fourth-order valence-electron chi connectivity index (χ4n) is 4.35. The summed E-state index contributed by atoms with van der Waals surface area (Å²) in [5, 5.41) is 3.11. The van der Waals surface area contributed by atoms with Crippen LogP contribution in [0.2, 0.25) is 0 Å². The van der Waals surface area contributed by atoms with Crippen LogP contribution in [0.4, 0.5) is 0 Å². The summed E-state index contributed by atoms with van der Waals surface area (Å²) in [6.45, 7) is -0.0710. The molecule has 0 unspecified atom stereocenters. The fourth-order valence-corrected chi connectivity index (χ4v) is 6.01. The van der Waals surface area contributed by atoms with E-state index in [0.717, 1.165) is 57.8 Å². The molecule has 0 bridgehead atoms. The van der Waals surface area contributed by atoms with Crippen LogP contribution < -0.4 is 5.32 Å². The van der Waals surface area contributed by atoms with Gasteiger partial charge in [0.15, 0.2) is 0 Å². The van der Waals surface area contributed by atoms with Crippen LogP contribution in [0.25, 0.3) is 0 Å². The normalized spacial score (nSPS) is 20.3. The topological polar surface area (TPSA) is 66.5 Å². The van der Waals surface area contributed by atoms with Gasteiger partial charge in [0.05, 0.1) is 11.4 Å². The van der Waals surface area contributed by atoms with E-state index >= 15 is 0 Å². The van der Waals surface area contributed by atoms with E-state index in [0.29, 0.717) is 0 Å². The fraction of sp³-hybridized carbons (Fsp3) is 0.667. The molecule has 0 heterocycles. The van der Waals surface area contributed by atoms with Gasteiger partial charge in [-0.3, -0.25) is 4.79 Å². The van der Waals surface area contributed by atoms with Crippen molar-refractivity contribution < 1.29 is 13.2 Å². The number of carbonyl (C=O) groups is 1. The van der Waals surface area contributed by atoms with Crippen molar-refractivity contribution in [3.05, 3.63) is 30.3 Å². The highest BCUT2D eigenvalue weighted by Crippen LogP contribution is 2.27. The highest BCUT2D eigenvalue weighted by atomic mass is 32.2. The Morgan fingerprint density at radius 2 is 1.44 bits per heavy atom. The summed E-state index contributed by atoms with van der Waals surface area (Å²) < 4.78 is 28.0. The molecule has 0 aliphatic heterocycles. The monoisotopic (exact) mass is 392 g/mol. The molecule has 1 aromatic carbocycles. The van der Waals surface area contributed by atoms with E-state index < -0.39 is 10.0 Å². The summed E-state index contributed by atoms with van der Waals surface area (Å²) in [6.07, 6.45) is 11.6. The first-order chi connectivity index (χ1) is 13.1. The van der Waals surface area contributed by atoms with E-state index in [-0.39, 0.29) is 29.4 Å². The van der Waals surface area contributed by atoms with Gasteiger partial charge >= 0.3 is 0 Å². The third-order valence-corrected chi connectivity index (χ3v) is 7.76. The smallest absolute Gasteiger partial charge is 0.243 e. The SMILES string of the molecule is O=C(CN(C1CCCCC1)S(=O)(=O)c1ccccc1)NC1CCCCCC1. The van der Waals surface area contributed by atoms with Crippen LogP contribution in [-0.2, 0) is 14.8 Å². The van der Waals surface area contributed by atoms with Gasteiger partial charge < -0.3 is 5.32 Å². The second-order valence-electron chi connectivity index (χ2n) is 7.91. The molecule has 27 heavy (non-hydrogen) atoms. The molecule has 0 atom stereocenters. The largest absolute Gasteiger partial charge is 0.352 e. The van der Waals surface area contributed by atoms with Gasteiger partial charge in [-0.15, -0.1) is 0 Å². The van der Waals surface area contributed by atoms with Crippen LogP contribution in [0, 0.1) is 0 Å². The first-order valence-corrected chi connectivity index (χ1v) is 11.9. The summed E-state index contributed by atoms with van der Waals surface area (Å²) in [6, 6.07) is 8.62. The van der Waals surface area contributed by atoms with Crippen molar-refractivity contribution in [1.82, 2.24) is 9.62 Å². The molecule has 3 rings (SSSR count). The van der Waals surface area contributed by atoms with Gasteiger partial charge in [0.2, 0.25) is 15.9 Å². The average Bonchev–Trinajstić information content (AvgIpc) is 2.96. The maximum absolute atomic E-state index is 13.3. The van der Waals surface area contributed by atoms with Crippen molar-refractivity contribution in [2.45, 2.75) is 87.6 Å². The quantitative estimate of drug-likeness (QED) is 0.748. The van der Waals surface area contributed by atoms with Crippen molar-refractivity contribution in [3.8, 4) is 0 Å². The Balaban J connectivity index is 1.74. The summed E-state index contributed by atoms with van der Waals surface area (Å²) in [4.78, 5) is 13.0. The Hall–Kier alpha value is -1.40. The van der Waals surface area contributed by atoms with E-state index in [4.69, 9.17) is 0 Å². The number of nitrogens with one attached hydrogen (secondary N) is 1. The highest BCUT2D eigenvalue weighted by molar-refractivity contribution is 7.89. The van der Waals surface area contributed by atoms with Gasteiger partial charge in [-0.1, -0.05) is 63.1 Å². The van der Waals surface area contributed by atoms with Crippen molar-refractivity contribution >= 4 is 15.9 Å². The standard InChI is InChI=1S/C21H32N2O3S/c24-21(22-18-11-5-1-2-6-12-18)17-23(19-13-7-3-8-14-19)27(25,26)20-15-9-4-10-16-20/h4,9-10,15-16,18-19H,1-3,5-8,11-14,17H2,(H,22,24). The molecule has 2 fully saturated rings. The van der Waals surface area contributed by atoms with Crippen LogP contribution in [0.15, 0.2) is 35.2 Å². The number of hydrogen-bond acceptors (Lipinski definition) is 3. The zero-order valence-corrected chi connectivity index (χ0v) is 16.9. The molecule has 5 nitrogen and oxygen atoms in total. The first-order valence-electron chi connectivity index (χ1n) is 10.4. The molecule has 6 heteroatoms. The van der Waals surface area contributed by atoms with Crippen molar-refractivity contribution in [2.75, 3.05) is 6.54 Å². The molecular weight excluding hydrogens is 360 g/mol. The van der Waals surface area contributed by atoms with E-state index in [1.807, 2.05) is 6.07 Å². The molecule has 1 amide bonds. The Kier molecular flexibility index (Phi) is 7.30. The second-order valence-corrected chi connectivity index (χ2v) is 9.80. The molecule has 2 aliphatic carbocycles. The predicted molar refractivity (Wildman–Crippen MR) is 107 cm³/mol. The molecule has 1 aromatic rings. The maximum atomic E-state index is 13.3. The minimum Gasteiger partial charge on any atom is -0.352 e. The molecule has 0 saturated heterocycles. The summed E-state index contributed by atoms with van der Waals surface area (Å²) in [7, 11) is -3.67. The zero-order valence-electron chi connectivity index (χ0n) is 16.1. The number of amides is 1. The number of nitrogens with zero attached hydrogens (tertiary/aromatic N) is 1. The number of sulfonamides is 1. The highest BCUT2D eigenvalue weighted by Gasteiger charge is 2.34. The Labute approximate surface area is 163 Å². The van der Waals surface area contributed by atoms with E-state index in [1.54, 1.807) is 24.3 Å². The van der Waals surface area contributed by atoms with Crippen LogP contribution in [0.5, 0.6) is 0 Å². The molecule has 0 spiro atoms. The molecule has 2 saturated carbocycles. The lowest BCUT2D eigenvalue weighted by atomic mass is 9.95. The number of rotatable bonds is 6. The zero-order chi connectivity index (χ0) is 19.1. The lowest BCUT2D eigenvalue weighted by Crippen LogP contribution is -2.48. The van der Waals surface area contributed by atoms with Gasteiger partial charge in [0, 0.05) is 12.1 Å². The van der Waals surface area contributed by atoms with Gasteiger partial charge in [0.1, 0.15) is 0 Å². The minimum atomic E-state index is -3.67. The summed E-state index contributed by atoms with van der Waals surface area (Å²) >= 11 is 0. The van der Waals surface area contributed by atoms with E-state index in [1.165, 1.54) is 17.1 Å². The Morgan fingerprint density at radius 3 is 2.07 bits per heavy atom. The van der Waals surface area contributed by atoms with E-state index in [2.05, 4.69) is 5.32 Å². The molecular formula is C21H32N2O3S. The van der Waals surface area contributed by atoms with Crippen LogP contribution in [0.1, 0.15) is 70.6 Å². The Morgan fingerprint density at radius 1 is 0.889 bits per heavy atom. The molecule has 2 aliphatic rings. The number of hydrogen-bond donors (Lipinski definition) is 1. The number of carbonyl (C=O) groups excluding carboxylic acids is 1. The minimum absolute atomic E-state index is 0.0710. The summed E-state index contributed by atoms with van der Waals surface area (Å²) in [5.41, 5.74) is 0. The third kappa shape index (κ3) is 5.55. The molecule has 0 aromatic heterocycles. The van der Waals surface area contributed by atoms with Crippen molar-refractivity contribution in [3.63, 3.8) is 0 Å². The second kappa shape index (κ2) is 9.69.